The molecule has 0 aliphatic rings. The Hall–Kier alpha value is -1.34. The molecule has 1 amide bonds. The second kappa shape index (κ2) is 6.72. The lowest BCUT2D eigenvalue weighted by atomic mass is 10.1. The predicted octanol–water partition coefficient (Wildman–Crippen LogP) is 2.78. The van der Waals surface area contributed by atoms with Crippen molar-refractivity contribution in [3.8, 4) is 5.75 Å². The maximum atomic E-state index is 11.1. The van der Waals surface area contributed by atoms with E-state index < -0.39 is 11.9 Å². The summed E-state index contributed by atoms with van der Waals surface area (Å²) in [6.45, 7) is 1.24. The Labute approximate surface area is 126 Å². The molecule has 1 rings (SSSR count). The van der Waals surface area contributed by atoms with E-state index in [0.717, 1.165) is 4.47 Å². The van der Waals surface area contributed by atoms with Crippen molar-refractivity contribution in [1.82, 2.24) is 5.32 Å². The van der Waals surface area contributed by atoms with E-state index in [4.69, 9.17) is 9.84 Å². The van der Waals surface area contributed by atoms with Gasteiger partial charge in [-0.2, -0.15) is 0 Å². The summed E-state index contributed by atoms with van der Waals surface area (Å²) >= 11 is 6.62. The van der Waals surface area contributed by atoms with E-state index in [1.54, 1.807) is 12.1 Å². The van der Waals surface area contributed by atoms with E-state index >= 15 is 0 Å². The summed E-state index contributed by atoms with van der Waals surface area (Å²) in [6, 6.07) is 3.46. The molecule has 0 radical (unpaired) electrons. The van der Waals surface area contributed by atoms with E-state index in [1.807, 2.05) is 0 Å². The molecule has 2 N–H and O–H groups in total. The minimum absolute atomic E-state index is 0.226. The molecule has 1 aromatic rings. The highest BCUT2D eigenvalue weighted by atomic mass is 79.9. The first kappa shape index (κ1) is 15.7. The maximum Gasteiger partial charge on any atom is 0.352 e. The lowest BCUT2D eigenvalue weighted by molar-refractivity contribution is -0.134. The third-order valence-corrected chi connectivity index (χ3v) is 3.13. The van der Waals surface area contributed by atoms with Gasteiger partial charge in [-0.1, -0.05) is 15.9 Å². The highest BCUT2D eigenvalue weighted by molar-refractivity contribution is 9.11. The molecule has 19 heavy (non-hydrogen) atoms. The van der Waals surface area contributed by atoms with Crippen LogP contribution in [0.15, 0.2) is 26.8 Å². The molecule has 0 bridgehead atoms. The van der Waals surface area contributed by atoms with Gasteiger partial charge in [0.15, 0.2) is 0 Å². The molecular weight excluding hydrogens is 382 g/mol. The third-order valence-electron chi connectivity index (χ3n) is 2.08. The number of carbonyl (C=O) groups excluding carboxylic acids is 1. The number of ether oxygens (including phenoxy) is 1. The first-order valence-electron chi connectivity index (χ1n) is 5.10. The largest absolute Gasteiger partial charge is 0.495 e. The van der Waals surface area contributed by atoms with Crippen LogP contribution < -0.4 is 10.1 Å². The van der Waals surface area contributed by atoms with Crippen molar-refractivity contribution < 1.29 is 19.4 Å². The minimum Gasteiger partial charge on any atom is -0.495 e. The Morgan fingerprint density at radius 3 is 2.47 bits per heavy atom. The highest BCUT2D eigenvalue weighted by Crippen LogP contribution is 2.33. The van der Waals surface area contributed by atoms with Gasteiger partial charge < -0.3 is 15.2 Å². The number of nitrogens with one attached hydrogen (secondary N) is 1. The lowest BCUT2D eigenvalue weighted by Crippen LogP contribution is -2.24. The molecule has 0 aromatic heterocycles. The second-order valence-corrected chi connectivity index (χ2v) is 5.32. The van der Waals surface area contributed by atoms with Crippen LogP contribution in [0.3, 0.4) is 0 Å². The molecule has 0 atom stereocenters. The number of rotatable bonds is 4. The second-order valence-electron chi connectivity index (χ2n) is 3.55. The maximum absolute atomic E-state index is 11.1. The molecule has 7 heteroatoms. The number of hydrogen-bond acceptors (Lipinski definition) is 3. The lowest BCUT2D eigenvalue weighted by Gasteiger charge is -2.10. The van der Waals surface area contributed by atoms with Crippen LogP contribution in [0.2, 0.25) is 0 Å². The molecule has 0 fully saturated rings. The van der Waals surface area contributed by atoms with Crippen molar-refractivity contribution in [2.75, 3.05) is 7.11 Å². The molecule has 0 saturated heterocycles. The van der Waals surface area contributed by atoms with Gasteiger partial charge in [-0.05, 0) is 34.1 Å². The normalized spacial score (nSPS) is 11.1. The summed E-state index contributed by atoms with van der Waals surface area (Å²) in [5.74, 6) is -1.21. The zero-order chi connectivity index (χ0) is 14.6. The predicted molar refractivity (Wildman–Crippen MR) is 77.8 cm³/mol. The van der Waals surface area contributed by atoms with Crippen LogP contribution >= 0.6 is 31.9 Å². The summed E-state index contributed by atoms with van der Waals surface area (Å²) < 4.78 is 6.62. The number of methoxy groups -OCH3 is 1. The van der Waals surface area contributed by atoms with Gasteiger partial charge in [0.1, 0.15) is 11.4 Å². The average Bonchev–Trinajstić information content (AvgIpc) is 2.26. The van der Waals surface area contributed by atoms with Gasteiger partial charge in [0, 0.05) is 17.0 Å². The number of carbonyl (C=O) groups is 2. The fraction of sp³-hybridized carbons (Fsp3) is 0.167. The monoisotopic (exact) mass is 391 g/mol. The molecule has 102 valence electrons. The zero-order valence-corrected chi connectivity index (χ0v) is 13.3. The van der Waals surface area contributed by atoms with Gasteiger partial charge in [-0.3, -0.25) is 4.79 Å². The third kappa shape index (κ3) is 4.36. The van der Waals surface area contributed by atoms with Gasteiger partial charge in [0.25, 0.3) is 0 Å². The van der Waals surface area contributed by atoms with Crippen LogP contribution in [0.5, 0.6) is 5.75 Å². The van der Waals surface area contributed by atoms with Crippen LogP contribution in [0.4, 0.5) is 0 Å². The molecule has 0 saturated carbocycles. The summed E-state index contributed by atoms with van der Waals surface area (Å²) in [7, 11) is 1.48. The van der Waals surface area contributed by atoms with Gasteiger partial charge in [0.05, 0.1) is 11.6 Å². The molecule has 0 spiro atoms. The van der Waals surface area contributed by atoms with E-state index in [-0.39, 0.29) is 5.70 Å². The number of amides is 1. The number of carboxylic acid groups (broad SMARTS) is 1. The molecule has 1 aromatic carbocycles. The Balaban J connectivity index is 3.34. The summed E-state index contributed by atoms with van der Waals surface area (Å²) in [5.41, 5.74) is 0.297. The first-order valence-corrected chi connectivity index (χ1v) is 6.69. The first-order chi connectivity index (χ1) is 8.85. The fourth-order valence-corrected chi connectivity index (χ4v) is 2.82. The van der Waals surface area contributed by atoms with Crippen molar-refractivity contribution in [3.63, 3.8) is 0 Å². The van der Waals surface area contributed by atoms with Gasteiger partial charge in [-0.15, -0.1) is 0 Å². The van der Waals surface area contributed by atoms with Crippen molar-refractivity contribution in [2.24, 2.45) is 0 Å². The number of halogens is 2. The molecule has 0 aliphatic carbocycles. The number of carboxylic acids is 1. The van der Waals surface area contributed by atoms with E-state index in [1.165, 1.54) is 20.1 Å². The Morgan fingerprint density at radius 1 is 1.37 bits per heavy atom. The number of aliphatic carboxylic acids is 1. The summed E-state index contributed by atoms with van der Waals surface area (Å²) in [5, 5.41) is 11.3. The summed E-state index contributed by atoms with van der Waals surface area (Å²) in [4.78, 5) is 22.0. The van der Waals surface area contributed by atoms with Crippen LogP contribution in [-0.4, -0.2) is 24.1 Å². The van der Waals surface area contributed by atoms with Crippen LogP contribution in [0.25, 0.3) is 6.08 Å². The van der Waals surface area contributed by atoms with E-state index in [2.05, 4.69) is 37.2 Å². The van der Waals surface area contributed by atoms with Crippen LogP contribution in [0.1, 0.15) is 12.5 Å². The SMILES string of the molecule is COc1c(Br)cc(Br)cc1/C=C(/NC(C)=O)C(=O)O. The Morgan fingerprint density at radius 2 is 2.00 bits per heavy atom. The Kier molecular flexibility index (Phi) is 5.56. The highest BCUT2D eigenvalue weighted by Gasteiger charge is 2.13. The summed E-state index contributed by atoms with van der Waals surface area (Å²) in [6.07, 6.45) is 1.33. The number of benzene rings is 1. The fourth-order valence-electron chi connectivity index (χ4n) is 1.40. The average molecular weight is 393 g/mol. The molecule has 0 aliphatic heterocycles. The van der Waals surface area contributed by atoms with Gasteiger partial charge in [0.2, 0.25) is 5.91 Å². The molecule has 0 unspecified atom stereocenters. The van der Waals surface area contributed by atoms with Crippen molar-refractivity contribution >= 4 is 49.8 Å². The van der Waals surface area contributed by atoms with Crippen molar-refractivity contribution in [1.29, 1.82) is 0 Å². The zero-order valence-electron chi connectivity index (χ0n) is 10.2. The molecule has 5 nitrogen and oxygen atoms in total. The quantitative estimate of drug-likeness (QED) is 0.772. The Bertz CT molecular complexity index is 555. The van der Waals surface area contributed by atoms with Gasteiger partial charge in [-0.25, -0.2) is 4.79 Å². The van der Waals surface area contributed by atoms with Gasteiger partial charge >= 0.3 is 5.97 Å². The topological polar surface area (TPSA) is 75.6 Å². The smallest absolute Gasteiger partial charge is 0.352 e. The standard InChI is InChI=1S/C12H11Br2NO4/c1-6(16)15-10(12(17)18)4-7-3-8(13)5-9(14)11(7)19-2/h3-5H,1-2H3,(H,15,16)(H,17,18)/b10-4+. The minimum atomic E-state index is -1.23. The van der Waals surface area contributed by atoms with Crippen molar-refractivity contribution in [2.45, 2.75) is 6.92 Å². The van der Waals surface area contributed by atoms with E-state index in [0.29, 0.717) is 15.8 Å². The van der Waals surface area contributed by atoms with Crippen molar-refractivity contribution in [3.05, 3.63) is 32.3 Å². The molecule has 0 heterocycles. The van der Waals surface area contributed by atoms with Crippen LogP contribution in [-0.2, 0) is 9.59 Å². The van der Waals surface area contributed by atoms with E-state index in [9.17, 15) is 9.59 Å². The number of hydrogen-bond donors (Lipinski definition) is 2. The molecular formula is C12H11Br2NO4. The van der Waals surface area contributed by atoms with Crippen LogP contribution in [0, 0.1) is 0 Å².